The number of imide groups is 1. The van der Waals surface area contributed by atoms with Gasteiger partial charge in [0.1, 0.15) is 10.5 Å². The molecule has 4 N–H and O–H groups in total. The van der Waals surface area contributed by atoms with Crippen LogP contribution in [0, 0.1) is 11.8 Å². The summed E-state index contributed by atoms with van der Waals surface area (Å²) in [5.74, 6) is -4.27. The van der Waals surface area contributed by atoms with E-state index in [1.165, 1.54) is 10.8 Å². The van der Waals surface area contributed by atoms with Crippen molar-refractivity contribution in [3.05, 3.63) is 69.2 Å². The molecule has 5 aliphatic rings. The molecule has 1 aliphatic carbocycles. The highest BCUT2D eigenvalue weighted by atomic mass is 35.5. The number of rotatable bonds is 9. The number of amides is 2. The van der Waals surface area contributed by atoms with E-state index in [1.54, 1.807) is 37.0 Å². The maximum Gasteiger partial charge on any atom is 0.301 e. The van der Waals surface area contributed by atoms with Crippen LogP contribution in [0.4, 0.5) is 36.3 Å². The number of pyridine rings is 1. The van der Waals surface area contributed by atoms with E-state index in [2.05, 4.69) is 48.5 Å². The van der Waals surface area contributed by atoms with Gasteiger partial charge in [0.2, 0.25) is 23.5 Å². The summed E-state index contributed by atoms with van der Waals surface area (Å²) < 4.78 is 56.1. The highest BCUT2D eigenvalue weighted by Crippen LogP contribution is 2.47. The van der Waals surface area contributed by atoms with Gasteiger partial charge in [0.05, 0.1) is 40.6 Å². The molecule has 5 atom stereocenters. The molecular formula is C45H50ClF3N10O5S. The predicted molar refractivity (Wildman–Crippen MR) is 243 cm³/mol. The van der Waals surface area contributed by atoms with Crippen LogP contribution in [0.15, 0.2) is 47.4 Å². The molecule has 3 aromatic heterocycles. The molecule has 0 spiro atoms. The standard InChI is InChI=1S/C45H50ClF3N10O5S/c1-56-32-9-6-26(18-29(32)36-37(41(56)62)64-22-45(48,49)38(53-36)24-3-4-24)51-39-31(46)19-50-43(54-39)59-15-11-23(12-16-59)20-58-14-13-30(44(47,21-58)42(63)65)25-5-7-27-33(17-25)57(2)55-35(27)28-8-10-34(60)52-40(28)61/h5-7,9,17-19,23-24,28,30,38,42,53,63,65H,3-4,8,10-16,20-22H2,1-2H3,(H,50,51,54)(H,52,60,61)/t28?,30?,38-,42?,44+/m0/s1. The highest BCUT2D eigenvalue weighted by molar-refractivity contribution is 7.80. The number of carbonyl (C=O) groups excluding carboxylic acids is 2. The van der Waals surface area contributed by atoms with Crippen molar-refractivity contribution in [2.24, 2.45) is 25.9 Å². The molecule has 3 saturated heterocycles. The first-order valence-corrected chi connectivity index (χ1v) is 23.0. The van der Waals surface area contributed by atoms with Crippen molar-refractivity contribution in [3.8, 4) is 5.75 Å². The smallest absolute Gasteiger partial charge is 0.301 e. The summed E-state index contributed by atoms with van der Waals surface area (Å²) in [5, 5.41) is 25.8. The molecule has 15 nitrogen and oxygen atoms in total. The first-order chi connectivity index (χ1) is 31.1. The van der Waals surface area contributed by atoms with Crippen molar-refractivity contribution in [1.82, 2.24) is 34.5 Å². The average Bonchev–Trinajstić information content (AvgIpc) is 4.08. The number of nitrogens with zero attached hydrogens (tertiary/aromatic N) is 7. The first kappa shape index (κ1) is 43.8. The summed E-state index contributed by atoms with van der Waals surface area (Å²) >= 11 is 10.9. The summed E-state index contributed by atoms with van der Waals surface area (Å²) in [5.41, 5.74) is -0.672. The molecule has 7 heterocycles. The molecule has 5 aromatic rings. The Morgan fingerprint density at radius 2 is 1.78 bits per heavy atom. The van der Waals surface area contributed by atoms with Gasteiger partial charge in [-0.25, -0.2) is 18.2 Å². The number of thiol groups is 1. The minimum atomic E-state index is -3.16. The lowest BCUT2D eigenvalue weighted by molar-refractivity contribution is -0.134. The van der Waals surface area contributed by atoms with Crippen LogP contribution in [0.2, 0.25) is 5.02 Å². The zero-order chi connectivity index (χ0) is 45.5. The van der Waals surface area contributed by atoms with Crippen LogP contribution in [-0.4, -0.2) is 109 Å². The van der Waals surface area contributed by atoms with Gasteiger partial charge in [-0.1, -0.05) is 23.7 Å². The van der Waals surface area contributed by atoms with E-state index in [1.807, 2.05) is 18.2 Å². The Morgan fingerprint density at radius 1 is 1.00 bits per heavy atom. The Labute approximate surface area is 382 Å². The largest absolute Gasteiger partial charge is 0.480 e. The lowest BCUT2D eigenvalue weighted by atomic mass is 9.77. The Balaban J connectivity index is 0.800. The van der Waals surface area contributed by atoms with E-state index < -0.39 is 47.1 Å². The first-order valence-electron chi connectivity index (χ1n) is 22.1. The number of likely N-dealkylation sites (tertiary alicyclic amines) is 1. The highest BCUT2D eigenvalue weighted by Gasteiger charge is 2.52. The molecule has 65 heavy (non-hydrogen) atoms. The number of aromatic nitrogens is 5. The maximum absolute atomic E-state index is 17.2. The van der Waals surface area contributed by atoms with Crippen LogP contribution in [0.1, 0.15) is 68.0 Å². The predicted octanol–water partition coefficient (Wildman–Crippen LogP) is 6.01. The molecule has 3 unspecified atom stereocenters. The van der Waals surface area contributed by atoms with Gasteiger partial charge in [-0.15, -0.1) is 12.6 Å². The van der Waals surface area contributed by atoms with Crippen LogP contribution in [0.5, 0.6) is 5.75 Å². The minimum Gasteiger partial charge on any atom is -0.480 e. The van der Waals surface area contributed by atoms with Crippen molar-refractivity contribution in [2.45, 2.75) is 79.9 Å². The Kier molecular flexibility index (Phi) is 11.2. The Hall–Kier alpha value is -5.11. The molecular weight excluding hydrogens is 885 g/mol. The number of fused-ring (bicyclic) bond motifs is 4. The van der Waals surface area contributed by atoms with E-state index in [4.69, 9.17) is 21.3 Å². The van der Waals surface area contributed by atoms with E-state index in [9.17, 15) is 19.5 Å². The van der Waals surface area contributed by atoms with Crippen LogP contribution in [0.25, 0.3) is 21.8 Å². The SMILES string of the molecule is Cn1nc(C2CCC(=O)NC2=O)c2ccc(C3CCN(CC4CCN(c5ncc(Cl)c(Nc6ccc7c(c6)c6c(c(=O)n7C)OCC(F)(F)[C@H](C7CC7)N6)n5)CC4)C[C@]3(F)C(O)S)cc21. The summed E-state index contributed by atoms with van der Waals surface area (Å²) in [6.45, 7) is 1.70. The number of nitrogens with one attached hydrogen (secondary N) is 3. The molecule has 0 bridgehead atoms. The van der Waals surface area contributed by atoms with E-state index in [0.29, 0.717) is 85.9 Å². The Morgan fingerprint density at radius 3 is 2.52 bits per heavy atom. The second-order valence-electron chi connectivity index (χ2n) is 18.4. The number of aliphatic hydroxyl groups excluding tert-OH is 1. The third-order valence-corrected chi connectivity index (χ3v) is 14.8. The molecule has 10 rings (SSSR count). The third kappa shape index (κ3) is 8.05. The van der Waals surface area contributed by atoms with Crippen LogP contribution in [0.3, 0.4) is 0 Å². The molecule has 4 fully saturated rings. The van der Waals surface area contributed by atoms with Gasteiger partial charge in [0, 0.05) is 69.1 Å². The molecule has 1 saturated carbocycles. The monoisotopic (exact) mass is 934 g/mol. The lowest BCUT2D eigenvalue weighted by Gasteiger charge is -2.46. The number of benzene rings is 2. The average molecular weight is 935 g/mol. The number of carbonyl (C=O) groups is 2. The quantitative estimate of drug-likeness (QED) is 0.0664. The second kappa shape index (κ2) is 16.6. The summed E-state index contributed by atoms with van der Waals surface area (Å²) in [6.07, 6.45) is 5.56. The van der Waals surface area contributed by atoms with E-state index in [-0.39, 0.29) is 53.1 Å². The van der Waals surface area contributed by atoms with Gasteiger partial charge >= 0.3 is 5.92 Å². The van der Waals surface area contributed by atoms with Crippen LogP contribution in [-0.2, 0) is 23.7 Å². The van der Waals surface area contributed by atoms with Crippen molar-refractivity contribution < 1.29 is 32.6 Å². The zero-order valence-corrected chi connectivity index (χ0v) is 37.5. The van der Waals surface area contributed by atoms with Crippen LogP contribution >= 0.6 is 24.2 Å². The van der Waals surface area contributed by atoms with Gasteiger partial charge in [0.25, 0.3) is 5.56 Å². The van der Waals surface area contributed by atoms with Gasteiger partial charge in [-0.05, 0) is 86.7 Å². The summed E-state index contributed by atoms with van der Waals surface area (Å²) in [6, 6.07) is 9.72. The number of hydrogen-bond donors (Lipinski definition) is 5. The number of alkyl halides is 3. The number of aryl methyl sites for hydroxylation is 2. The summed E-state index contributed by atoms with van der Waals surface area (Å²) in [4.78, 5) is 51.2. The molecule has 344 valence electrons. The third-order valence-electron chi connectivity index (χ3n) is 14.1. The molecule has 4 aliphatic heterocycles. The fourth-order valence-electron chi connectivity index (χ4n) is 10.4. The van der Waals surface area contributed by atoms with Crippen molar-refractivity contribution in [2.75, 3.05) is 54.9 Å². The second-order valence-corrected chi connectivity index (χ2v) is 19.3. The summed E-state index contributed by atoms with van der Waals surface area (Å²) in [7, 11) is 3.36. The molecule has 0 radical (unpaired) electrons. The number of anilines is 4. The normalized spacial score (nSPS) is 25.7. The topological polar surface area (TPSA) is 172 Å². The van der Waals surface area contributed by atoms with E-state index >= 15 is 13.2 Å². The maximum atomic E-state index is 17.2. The molecule has 2 amide bonds. The fourth-order valence-corrected chi connectivity index (χ4v) is 10.8. The van der Waals surface area contributed by atoms with Gasteiger partial charge in [0.15, 0.2) is 18.1 Å². The van der Waals surface area contributed by atoms with Crippen molar-refractivity contribution in [1.29, 1.82) is 0 Å². The number of ether oxygens (including phenoxy) is 1. The number of piperidine rings is 3. The van der Waals surface area contributed by atoms with Crippen molar-refractivity contribution in [3.63, 3.8) is 0 Å². The minimum absolute atomic E-state index is 0.00731. The number of aliphatic hydroxyl groups is 1. The molecule has 2 aromatic carbocycles. The van der Waals surface area contributed by atoms with Crippen molar-refractivity contribution >= 4 is 81.0 Å². The van der Waals surface area contributed by atoms with Gasteiger partial charge in [-0.2, -0.15) is 10.1 Å². The fraction of sp³-hybridized carbons (Fsp3) is 0.511. The Bertz CT molecular complexity index is 2780. The number of halogens is 4. The van der Waals surface area contributed by atoms with Gasteiger partial charge < -0.3 is 29.9 Å². The number of hydrogen-bond acceptors (Lipinski definition) is 13. The lowest BCUT2D eigenvalue weighted by Crippen LogP contribution is -2.56. The van der Waals surface area contributed by atoms with Crippen LogP contribution < -0.4 is 31.1 Å². The zero-order valence-electron chi connectivity index (χ0n) is 35.9. The van der Waals surface area contributed by atoms with E-state index in [0.717, 1.165) is 29.3 Å². The van der Waals surface area contributed by atoms with Gasteiger partial charge in [-0.3, -0.25) is 29.3 Å². The molecule has 20 heteroatoms.